The summed E-state index contributed by atoms with van der Waals surface area (Å²) >= 11 is 1.59. The molecule has 0 aliphatic rings. The lowest BCUT2D eigenvalue weighted by Crippen LogP contribution is -2.24. The number of benzene rings is 1. The summed E-state index contributed by atoms with van der Waals surface area (Å²) in [6.07, 6.45) is 0.288. The lowest BCUT2D eigenvalue weighted by molar-refractivity contribution is 0.0571. The summed E-state index contributed by atoms with van der Waals surface area (Å²) in [4.78, 5) is 1.15. The Balaban J connectivity index is 2.26. The molecule has 0 saturated heterocycles. The van der Waals surface area contributed by atoms with Gasteiger partial charge in [-0.1, -0.05) is 18.2 Å². The van der Waals surface area contributed by atoms with Gasteiger partial charge in [0.1, 0.15) is 5.82 Å². The third-order valence-corrected chi connectivity index (χ3v) is 3.71. The van der Waals surface area contributed by atoms with Crippen molar-refractivity contribution >= 4 is 11.3 Å². The SMILES string of the molecule is Cc1cc(C(C)(O)Cc2ccccc2F)cs1. The van der Waals surface area contributed by atoms with Crippen molar-refractivity contribution in [1.29, 1.82) is 0 Å². The Morgan fingerprint density at radius 1 is 1.35 bits per heavy atom. The fraction of sp³-hybridized carbons (Fsp3) is 0.286. The fourth-order valence-corrected chi connectivity index (χ4v) is 2.67. The van der Waals surface area contributed by atoms with Crippen molar-refractivity contribution in [2.75, 3.05) is 0 Å². The monoisotopic (exact) mass is 250 g/mol. The van der Waals surface area contributed by atoms with E-state index in [1.165, 1.54) is 6.07 Å². The molecule has 1 heterocycles. The molecule has 0 fully saturated rings. The van der Waals surface area contributed by atoms with Gasteiger partial charge in [-0.05, 0) is 42.5 Å². The van der Waals surface area contributed by atoms with E-state index in [0.717, 1.165) is 10.4 Å². The van der Waals surface area contributed by atoms with Crippen LogP contribution in [-0.4, -0.2) is 5.11 Å². The van der Waals surface area contributed by atoms with E-state index >= 15 is 0 Å². The van der Waals surface area contributed by atoms with Crippen LogP contribution in [0.15, 0.2) is 35.7 Å². The second kappa shape index (κ2) is 4.59. The summed E-state index contributed by atoms with van der Waals surface area (Å²) in [6, 6.07) is 8.52. The number of thiophene rings is 1. The van der Waals surface area contributed by atoms with Crippen molar-refractivity contribution in [2.24, 2.45) is 0 Å². The van der Waals surface area contributed by atoms with Crippen LogP contribution in [0.25, 0.3) is 0 Å². The zero-order valence-corrected chi connectivity index (χ0v) is 10.7. The number of hydrogen-bond donors (Lipinski definition) is 1. The Kier molecular flexibility index (Phi) is 3.31. The van der Waals surface area contributed by atoms with Crippen molar-refractivity contribution in [3.63, 3.8) is 0 Å². The van der Waals surface area contributed by atoms with Gasteiger partial charge in [0.05, 0.1) is 5.60 Å². The van der Waals surface area contributed by atoms with E-state index in [0.29, 0.717) is 5.56 Å². The van der Waals surface area contributed by atoms with Crippen LogP contribution in [0, 0.1) is 12.7 Å². The molecule has 0 aliphatic heterocycles. The molecule has 3 heteroatoms. The number of hydrogen-bond acceptors (Lipinski definition) is 2. The topological polar surface area (TPSA) is 20.2 Å². The molecule has 1 N–H and O–H groups in total. The second-order valence-electron chi connectivity index (χ2n) is 4.49. The Bertz CT molecular complexity index is 516. The molecule has 0 spiro atoms. The first-order chi connectivity index (χ1) is 7.99. The number of aliphatic hydroxyl groups is 1. The highest BCUT2D eigenvalue weighted by Crippen LogP contribution is 2.29. The maximum Gasteiger partial charge on any atom is 0.126 e. The van der Waals surface area contributed by atoms with Crippen LogP contribution >= 0.6 is 11.3 Å². The molecular formula is C14H15FOS. The molecule has 1 nitrogen and oxygen atoms in total. The molecule has 17 heavy (non-hydrogen) atoms. The molecule has 0 saturated carbocycles. The zero-order chi connectivity index (χ0) is 12.5. The molecule has 0 aliphatic carbocycles. The van der Waals surface area contributed by atoms with Crippen molar-refractivity contribution in [3.8, 4) is 0 Å². The number of aryl methyl sites for hydroxylation is 1. The van der Waals surface area contributed by atoms with Gasteiger partial charge in [0, 0.05) is 11.3 Å². The molecule has 1 aromatic carbocycles. The Morgan fingerprint density at radius 3 is 2.65 bits per heavy atom. The first-order valence-electron chi connectivity index (χ1n) is 5.50. The highest BCUT2D eigenvalue weighted by molar-refractivity contribution is 7.10. The quantitative estimate of drug-likeness (QED) is 0.881. The second-order valence-corrected chi connectivity index (χ2v) is 5.60. The zero-order valence-electron chi connectivity index (χ0n) is 9.90. The summed E-state index contributed by atoms with van der Waals surface area (Å²) in [5.74, 6) is -0.264. The maximum atomic E-state index is 13.5. The first kappa shape index (κ1) is 12.3. The van der Waals surface area contributed by atoms with Crippen LogP contribution in [0.5, 0.6) is 0 Å². The van der Waals surface area contributed by atoms with Gasteiger partial charge < -0.3 is 5.11 Å². The molecule has 0 bridgehead atoms. The van der Waals surface area contributed by atoms with E-state index in [-0.39, 0.29) is 12.2 Å². The average molecular weight is 250 g/mol. The number of rotatable bonds is 3. The van der Waals surface area contributed by atoms with E-state index in [2.05, 4.69) is 0 Å². The fourth-order valence-electron chi connectivity index (χ4n) is 1.84. The van der Waals surface area contributed by atoms with Gasteiger partial charge in [-0.25, -0.2) is 4.39 Å². The molecular weight excluding hydrogens is 235 g/mol. The third kappa shape index (κ3) is 2.73. The minimum atomic E-state index is -1.02. The lowest BCUT2D eigenvalue weighted by atomic mass is 9.90. The minimum Gasteiger partial charge on any atom is -0.385 e. The summed E-state index contributed by atoms with van der Waals surface area (Å²) in [5.41, 5.74) is 0.372. The van der Waals surface area contributed by atoms with Crippen molar-refractivity contribution in [2.45, 2.75) is 25.9 Å². The number of halogens is 1. The lowest BCUT2D eigenvalue weighted by Gasteiger charge is -2.22. The Morgan fingerprint density at radius 2 is 2.06 bits per heavy atom. The first-order valence-corrected chi connectivity index (χ1v) is 6.38. The predicted molar refractivity (Wildman–Crippen MR) is 68.7 cm³/mol. The van der Waals surface area contributed by atoms with Gasteiger partial charge in [0.25, 0.3) is 0 Å². The van der Waals surface area contributed by atoms with Crippen molar-refractivity contribution in [1.82, 2.24) is 0 Å². The van der Waals surface area contributed by atoms with E-state index in [4.69, 9.17) is 0 Å². The average Bonchev–Trinajstić information content (AvgIpc) is 2.69. The Labute approximate surface area is 105 Å². The normalized spacial score (nSPS) is 14.6. The van der Waals surface area contributed by atoms with Gasteiger partial charge in [-0.2, -0.15) is 0 Å². The van der Waals surface area contributed by atoms with Crippen molar-refractivity contribution in [3.05, 3.63) is 57.5 Å². The molecule has 2 aromatic rings. The summed E-state index contributed by atoms with van der Waals surface area (Å²) in [6.45, 7) is 3.72. The van der Waals surface area contributed by atoms with Crippen LogP contribution in [0.1, 0.15) is 22.9 Å². The predicted octanol–water partition coefficient (Wildman–Crippen LogP) is 3.65. The third-order valence-electron chi connectivity index (χ3n) is 2.84. The van der Waals surface area contributed by atoms with E-state index in [1.54, 1.807) is 36.5 Å². The van der Waals surface area contributed by atoms with Gasteiger partial charge in [0.15, 0.2) is 0 Å². The highest BCUT2D eigenvalue weighted by Gasteiger charge is 2.25. The van der Waals surface area contributed by atoms with Crippen LogP contribution in [0.4, 0.5) is 4.39 Å². The van der Waals surface area contributed by atoms with Crippen LogP contribution < -0.4 is 0 Å². The molecule has 2 rings (SSSR count). The smallest absolute Gasteiger partial charge is 0.126 e. The largest absolute Gasteiger partial charge is 0.385 e. The highest BCUT2D eigenvalue weighted by atomic mass is 32.1. The molecule has 90 valence electrons. The van der Waals surface area contributed by atoms with Gasteiger partial charge in [-0.3, -0.25) is 0 Å². The van der Waals surface area contributed by atoms with Crippen molar-refractivity contribution < 1.29 is 9.50 Å². The van der Waals surface area contributed by atoms with Crippen LogP contribution in [0.2, 0.25) is 0 Å². The van der Waals surface area contributed by atoms with E-state index in [1.807, 2.05) is 18.4 Å². The van der Waals surface area contributed by atoms with Crippen LogP contribution in [-0.2, 0) is 12.0 Å². The van der Waals surface area contributed by atoms with Gasteiger partial charge in [0.2, 0.25) is 0 Å². The maximum absolute atomic E-state index is 13.5. The molecule has 1 unspecified atom stereocenters. The molecule has 1 aromatic heterocycles. The van der Waals surface area contributed by atoms with E-state index in [9.17, 15) is 9.50 Å². The molecule has 0 radical (unpaired) electrons. The summed E-state index contributed by atoms with van der Waals surface area (Å²) in [7, 11) is 0. The Hall–Kier alpha value is -1.19. The molecule has 0 amide bonds. The van der Waals surface area contributed by atoms with E-state index < -0.39 is 5.60 Å². The van der Waals surface area contributed by atoms with Crippen LogP contribution in [0.3, 0.4) is 0 Å². The summed E-state index contributed by atoms with van der Waals surface area (Å²) < 4.78 is 13.5. The standard InChI is InChI=1S/C14H15FOS/c1-10-7-12(9-17-10)14(2,16)8-11-5-3-4-6-13(11)15/h3-7,9,16H,8H2,1-2H3. The van der Waals surface area contributed by atoms with Gasteiger partial charge in [-0.15, -0.1) is 11.3 Å². The summed E-state index contributed by atoms with van der Waals surface area (Å²) in [5, 5.41) is 12.3. The molecule has 1 atom stereocenters. The van der Waals surface area contributed by atoms with Gasteiger partial charge >= 0.3 is 0 Å². The minimum absolute atomic E-state index is 0.264.